The molecule has 0 bridgehead atoms. The fourth-order valence-corrected chi connectivity index (χ4v) is 3.82. The Morgan fingerprint density at radius 1 is 1.25 bits per heavy atom. The zero-order valence-corrected chi connectivity index (χ0v) is 16.9. The van der Waals surface area contributed by atoms with Crippen LogP contribution < -0.4 is 5.32 Å². The van der Waals surface area contributed by atoms with Gasteiger partial charge in [0.2, 0.25) is 5.91 Å². The number of carbonyl (C=O) groups excluding carboxylic acids is 3. The van der Waals surface area contributed by atoms with E-state index in [0.29, 0.717) is 10.6 Å². The predicted molar refractivity (Wildman–Crippen MR) is 105 cm³/mol. The van der Waals surface area contributed by atoms with Crippen LogP contribution in [0.25, 0.3) is 0 Å². The van der Waals surface area contributed by atoms with E-state index in [4.69, 9.17) is 21.1 Å². The molecule has 2 atom stereocenters. The van der Waals surface area contributed by atoms with Crippen molar-refractivity contribution in [2.75, 3.05) is 19.0 Å². The monoisotopic (exact) mass is 422 g/mol. The highest BCUT2D eigenvalue weighted by molar-refractivity contribution is 8.13. The van der Waals surface area contributed by atoms with Gasteiger partial charge < -0.3 is 14.8 Å². The molecule has 0 radical (unpaired) electrons. The maximum atomic E-state index is 12.7. The molecule has 9 heteroatoms. The summed E-state index contributed by atoms with van der Waals surface area (Å²) < 4.78 is 9.91. The third-order valence-electron chi connectivity index (χ3n) is 4.02. The Balaban J connectivity index is 2.51. The van der Waals surface area contributed by atoms with E-state index < -0.39 is 29.0 Å². The molecule has 7 nitrogen and oxygen atoms in total. The van der Waals surface area contributed by atoms with E-state index in [2.05, 4.69) is 11.4 Å². The second-order valence-electron chi connectivity index (χ2n) is 5.69. The first kappa shape index (κ1) is 21.8. The topological polar surface area (TPSA) is 105 Å². The molecule has 2 unspecified atom stereocenters. The molecule has 0 saturated carbocycles. The quantitative estimate of drug-likeness (QED) is 0.553. The summed E-state index contributed by atoms with van der Waals surface area (Å²) in [6.07, 6.45) is 0. The number of carbonyl (C=O) groups is 3. The molecule has 0 saturated heterocycles. The van der Waals surface area contributed by atoms with E-state index in [-0.39, 0.29) is 30.2 Å². The van der Waals surface area contributed by atoms with Crippen LogP contribution in [-0.4, -0.2) is 36.1 Å². The van der Waals surface area contributed by atoms with Crippen molar-refractivity contribution >= 4 is 40.5 Å². The number of nitriles is 1. The summed E-state index contributed by atoms with van der Waals surface area (Å²) in [5.74, 6) is -3.50. The summed E-state index contributed by atoms with van der Waals surface area (Å²) in [6, 6.07) is 8.76. The van der Waals surface area contributed by atoms with Crippen molar-refractivity contribution in [1.29, 1.82) is 5.26 Å². The molecule has 1 aliphatic rings. The van der Waals surface area contributed by atoms with E-state index in [9.17, 15) is 19.6 Å². The van der Waals surface area contributed by atoms with Crippen LogP contribution in [0.4, 0.5) is 4.79 Å². The summed E-state index contributed by atoms with van der Waals surface area (Å²) in [5.41, 5.74) is 0.867. The Labute approximate surface area is 172 Å². The predicted octanol–water partition coefficient (Wildman–Crippen LogP) is 3.40. The molecule has 1 aromatic rings. The normalized spacial score (nSPS) is 18.9. The van der Waals surface area contributed by atoms with E-state index in [1.165, 1.54) is 0 Å². The summed E-state index contributed by atoms with van der Waals surface area (Å²) in [6.45, 7) is 3.62. The van der Waals surface area contributed by atoms with Crippen LogP contribution in [0, 0.1) is 17.2 Å². The fourth-order valence-electron chi connectivity index (χ4n) is 2.88. The van der Waals surface area contributed by atoms with Crippen molar-refractivity contribution in [3.05, 3.63) is 46.1 Å². The highest BCUT2D eigenvalue weighted by Gasteiger charge is 2.45. The molecule has 2 rings (SSSR count). The first-order valence-corrected chi connectivity index (χ1v) is 9.95. The van der Waals surface area contributed by atoms with E-state index >= 15 is 0 Å². The van der Waals surface area contributed by atoms with Gasteiger partial charge in [0.15, 0.2) is 0 Å². The van der Waals surface area contributed by atoms with Crippen LogP contribution in [-0.2, 0) is 19.1 Å². The highest BCUT2D eigenvalue weighted by atomic mass is 35.5. The van der Waals surface area contributed by atoms with Gasteiger partial charge in [0, 0.05) is 22.4 Å². The van der Waals surface area contributed by atoms with Gasteiger partial charge in [-0.2, -0.15) is 5.26 Å². The average molecular weight is 423 g/mol. The van der Waals surface area contributed by atoms with Crippen LogP contribution in [0.15, 0.2) is 35.5 Å². The Kier molecular flexibility index (Phi) is 7.91. The zero-order valence-electron chi connectivity index (χ0n) is 15.4. The molecule has 0 aromatic heterocycles. The molecular weight excluding hydrogens is 404 g/mol. The maximum absolute atomic E-state index is 12.7. The van der Waals surface area contributed by atoms with E-state index in [1.54, 1.807) is 38.1 Å². The minimum atomic E-state index is -1.26. The molecule has 148 valence electrons. The molecule has 1 heterocycles. The average Bonchev–Trinajstić information content (AvgIpc) is 2.66. The number of esters is 1. The van der Waals surface area contributed by atoms with Gasteiger partial charge in [-0.1, -0.05) is 29.8 Å². The van der Waals surface area contributed by atoms with Crippen molar-refractivity contribution in [2.45, 2.75) is 19.8 Å². The number of allylic oxidation sites excluding steroid dienone is 1. The van der Waals surface area contributed by atoms with Gasteiger partial charge in [-0.25, -0.2) is 4.79 Å². The first-order chi connectivity index (χ1) is 13.4. The first-order valence-electron chi connectivity index (χ1n) is 8.59. The number of amides is 1. The molecular formula is C19H19ClN2O5S. The number of nitrogens with zero attached hydrogens (tertiary/aromatic N) is 1. The maximum Gasteiger partial charge on any atom is 0.367 e. The number of thioether (sulfide) groups is 1. The van der Waals surface area contributed by atoms with Crippen molar-refractivity contribution in [2.24, 2.45) is 5.92 Å². The molecule has 0 fully saturated rings. The van der Waals surface area contributed by atoms with Crippen LogP contribution in [0.2, 0.25) is 5.02 Å². The minimum absolute atomic E-state index is 0.0178. The molecule has 28 heavy (non-hydrogen) atoms. The third-order valence-corrected chi connectivity index (χ3v) is 5.15. The van der Waals surface area contributed by atoms with Crippen molar-refractivity contribution in [3.8, 4) is 6.07 Å². The van der Waals surface area contributed by atoms with Gasteiger partial charge in [-0.3, -0.25) is 9.59 Å². The number of rotatable bonds is 6. The molecule has 1 aromatic carbocycles. The van der Waals surface area contributed by atoms with E-state index in [1.807, 2.05) is 0 Å². The summed E-state index contributed by atoms with van der Waals surface area (Å²) in [7, 11) is 0. The lowest BCUT2D eigenvalue weighted by atomic mass is 9.77. The number of ether oxygens (including phenoxy) is 2. The van der Waals surface area contributed by atoms with Crippen LogP contribution in [0.5, 0.6) is 0 Å². The van der Waals surface area contributed by atoms with Crippen molar-refractivity contribution in [1.82, 2.24) is 5.32 Å². The second kappa shape index (κ2) is 10.2. The summed E-state index contributed by atoms with van der Waals surface area (Å²) in [4.78, 5) is 36.9. The highest BCUT2D eigenvalue weighted by Crippen LogP contribution is 2.40. The molecule has 0 spiro atoms. The Morgan fingerprint density at radius 2 is 1.93 bits per heavy atom. The SMILES string of the molecule is CCOC(=O)SCC1=C(C#N)C(c2ccccc2Cl)C(C(=O)OCC)C(=O)N1. The zero-order chi connectivity index (χ0) is 20.7. The van der Waals surface area contributed by atoms with Crippen molar-refractivity contribution < 1.29 is 23.9 Å². The van der Waals surface area contributed by atoms with Gasteiger partial charge in [0.25, 0.3) is 0 Å². The third kappa shape index (κ3) is 4.86. The standard InChI is InChI=1S/C19H19ClN2O5S/c1-3-26-18(24)16-15(11-7-5-6-8-13(11)20)12(9-21)14(22-17(16)23)10-28-19(25)27-4-2/h5-8,15-16H,3-4,10H2,1-2H3,(H,22,23). The number of hydrogen-bond acceptors (Lipinski definition) is 7. The molecule has 0 aliphatic carbocycles. The lowest BCUT2D eigenvalue weighted by Gasteiger charge is -2.31. The number of halogens is 1. The van der Waals surface area contributed by atoms with Crippen LogP contribution in [0.1, 0.15) is 25.3 Å². The lowest BCUT2D eigenvalue weighted by Crippen LogP contribution is -2.45. The number of benzene rings is 1. The minimum Gasteiger partial charge on any atom is -0.465 e. The van der Waals surface area contributed by atoms with Gasteiger partial charge in [-0.15, -0.1) is 0 Å². The van der Waals surface area contributed by atoms with Gasteiger partial charge in [0.05, 0.1) is 24.9 Å². The van der Waals surface area contributed by atoms with Gasteiger partial charge in [-0.05, 0) is 37.2 Å². The van der Waals surface area contributed by atoms with Crippen LogP contribution >= 0.6 is 23.4 Å². The Bertz CT molecular complexity index is 849. The van der Waals surface area contributed by atoms with Gasteiger partial charge in [0.1, 0.15) is 5.92 Å². The summed E-state index contributed by atoms with van der Waals surface area (Å²) >= 11 is 7.11. The van der Waals surface area contributed by atoms with Crippen LogP contribution in [0.3, 0.4) is 0 Å². The largest absolute Gasteiger partial charge is 0.465 e. The molecule has 1 aliphatic heterocycles. The van der Waals surface area contributed by atoms with Gasteiger partial charge >= 0.3 is 11.3 Å². The Morgan fingerprint density at radius 3 is 2.54 bits per heavy atom. The smallest absolute Gasteiger partial charge is 0.367 e. The molecule has 1 amide bonds. The summed E-state index contributed by atoms with van der Waals surface area (Å²) in [5, 5.41) is 12.2. The number of nitrogens with one attached hydrogen (secondary N) is 1. The lowest BCUT2D eigenvalue weighted by molar-refractivity contribution is -0.152. The van der Waals surface area contributed by atoms with E-state index in [0.717, 1.165) is 11.8 Å². The fraction of sp³-hybridized carbons (Fsp3) is 0.368. The van der Waals surface area contributed by atoms with Crippen molar-refractivity contribution in [3.63, 3.8) is 0 Å². The second-order valence-corrected chi connectivity index (χ2v) is 7.01. The Hall–Kier alpha value is -2.50. The number of hydrogen-bond donors (Lipinski definition) is 1. The molecule has 1 N–H and O–H groups in total.